The van der Waals surface area contributed by atoms with Crippen molar-refractivity contribution in [3.05, 3.63) is 77.6 Å². The molecule has 0 heterocycles. The van der Waals surface area contributed by atoms with Gasteiger partial charge in [0.25, 0.3) is 0 Å². The molecule has 0 aliphatic heterocycles. The Morgan fingerprint density at radius 2 is 1.47 bits per heavy atom. The SMILES string of the molecule is CCC(C)(C)C(O)c1cc(OCc2ccc(OC)cc2)ccc1-c1cc(OC)ccc1F. The van der Waals surface area contributed by atoms with Gasteiger partial charge in [-0.15, -0.1) is 0 Å². The zero-order valence-electron chi connectivity index (χ0n) is 19.3. The lowest BCUT2D eigenvalue weighted by atomic mass is 9.78. The lowest BCUT2D eigenvalue weighted by molar-refractivity contribution is 0.0468. The molecule has 32 heavy (non-hydrogen) atoms. The molecule has 0 fully saturated rings. The molecule has 0 spiro atoms. The van der Waals surface area contributed by atoms with Crippen molar-refractivity contribution in [2.24, 2.45) is 5.41 Å². The Morgan fingerprint density at radius 3 is 2.09 bits per heavy atom. The van der Waals surface area contributed by atoms with Crippen LogP contribution in [0.1, 0.15) is 44.4 Å². The smallest absolute Gasteiger partial charge is 0.131 e. The first-order valence-corrected chi connectivity index (χ1v) is 10.7. The Morgan fingerprint density at radius 1 is 0.844 bits per heavy atom. The third kappa shape index (κ3) is 5.22. The highest BCUT2D eigenvalue weighted by molar-refractivity contribution is 5.71. The normalized spacial score (nSPS) is 12.3. The average molecular weight is 439 g/mol. The monoisotopic (exact) mass is 438 g/mol. The maximum atomic E-state index is 14.8. The molecule has 0 bridgehead atoms. The Hall–Kier alpha value is -3.05. The highest BCUT2D eigenvalue weighted by Crippen LogP contribution is 2.43. The van der Waals surface area contributed by atoms with E-state index in [0.717, 1.165) is 17.7 Å². The molecule has 0 aliphatic carbocycles. The summed E-state index contributed by atoms with van der Waals surface area (Å²) in [4.78, 5) is 0. The van der Waals surface area contributed by atoms with Gasteiger partial charge in [-0.25, -0.2) is 4.39 Å². The third-order valence-corrected chi connectivity index (χ3v) is 6.00. The van der Waals surface area contributed by atoms with E-state index >= 15 is 0 Å². The van der Waals surface area contributed by atoms with Gasteiger partial charge in [-0.2, -0.15) is 0 Å². The summed E-state index contributed by atoms with van der Waals surface area (Å²) in [6, 6.07) is 17.7. The number of hydrogen-bond donors (Lipinski definition) is 1. The molecule has 0 aromatic heterocycles. The molecule has 170 valence electrons. The van der Waals surface area contributed by atoms with Crippen LogP contribution in [0.2, 0.25) is 0 Å². The Bertz CT molecular complexity index is 1040. The molecule has 0 amide bonds. The van der Waals surface area contributed by atoms with Crippen LogP contribution in [0, 0.1) is 11.2 Å². The van der Waals surface area contributed by atoms with Crippen LogP contribution < -0.4 is 14.2 Å². The number of aliphatic hydroxyl groups is 1. The summed E-state index contributed by atoms with van der Waals surface area (Å²) in [5, 5.41) is 11.3. The van der Waals surface area contributed by atoms with Crippen molar-refractivity contribution in [3.63, 3.8) is 0 Å². The van der Waals surface area contributed by atoms with E-state index in [1.54, 1.807) is 44.6 Å². The largest absolute Gasteiger partial charge is 0.497 e. The Kier molecular flexibility index (Phi) is 7.41. The minimum absolute atomic E-state index is 0.365. The highest BCUT2D eigenvalue weighted by atomic mass is 19.1. The van der Waals surface area contributed by atoms with Crippen LogP contribution in [0.5, 0.6) is 17.2 Å². The second kappa shape index (κ2) is 10.0. The Labute approximate surface area is 189 Å². The molecule has 0 saturated carbocycles. The fraction of sp³-hybridized carbons (Fsp3) is 0.333. The maximum Gasteiger partial charge on any atom is 0.131 e. The van der Waals surface area contributed by atoms with Gasteiger partial charge in [-0.1, -0.05) is 39.0 Å². The van der Waals surface area contributed by atoms with Crippen molar-refractivity contribution in [1.82, 2.24) is 0 Å². The van der Waals surface area contributed by atoms with E-state index in [1.807, 2.05) is 45.0 Å². The zero-order chi connectivity index (χ0) is 23.3. The molecule has 0 radical (unpaired) electrons. The van der Waals surface area contributed by atoms with Crippen LogP contribution in [-0.4, -0.2) is 19.3 Å². The van der Waals surface area contributed by atoms with E-state index in [-0.39, 0.29) is 5.82 Å². The summed E-state index contributed by atoms with van der Waals surface area (Å²) in [5.41, 5.74) is 2.21. The van der Waals surface area contributed by atoms with Gasteiger partial charge in [0, 0.05) is 5.56 Å². The van der Waals surface area contributed by atoms with Crippen LogP contribution in [0.4, 0.5) is 4.39 Å². The van der Waals surface area contributed by atoms with E-state index in [0.29, 0.717) is 34.8 Å². The molecule has 1 unspecified atom stereocenters. The van der Waals surface area contributed by atoms with Crippen molar-refractivity contribution >= 4 is 0 Å². The summed E-state index contributed by atoms with van der Waals surface area (Å²) in [5.74, 6) is 1.57. The van der Waals surface area contributed by atoms with Crippen LogP contribution in [0.3, 0.4) is 0 Å². The lowest BCUT2D eigenvalue weighted by Gasteiger charge is -2.31. The standard InChI is InChI=1S/C27H31FO4/c1-6-27(2,3)26(29)24-16-21(32-17-18-7-9-19(30-4)10-8-18)11-13-22(24)23-15-20(31-5)12-14-25(23)28/h7-16,26,29H,6,17H2,1-5H3. The molecule has 1 N–H and O–H groups in total. The van der Waals surface area contributed by atoms with Gasteiger partial charge in [0.05, 0.1) is 20.3 Å². The van der Waals surface area contributed by atoms with E-state index in [9.17, 15) is 9.50 Å². The van der Waals surface area contributed by atoms with Gasteiger partial charge < -0.3 is 19.3 Å². The van der Waals surface area contributed by atoms with Crippen molar-refractivity contribution in [2.45, 2.75) is 39.9 Å². The molecule has 3 aromatic rings. The predicted molar refractivity (Wildman–Crippen MR) is 125 cm³/mol. The number of ether oxygens (including phenoxy) is 3. The number of rotatable bonds is 9. The van der Waals surface area contributed by atoms with Crippen molar-refractivity contribution in [1.29, 1.82) is 0 Å². The van der Waals surface area contributed by atoms with Gasteiger partial charge in [0.1, 0.15) is 29.7 Å². The second-order valence-electron chi connectivity index (χ2n) is 8.48. The first-order valence-electron chi connectivity index (χ1n) is 10.7. The van der Waals surface area contributed by atoms with Gasteiger partial charge in [0.15, 0.2) is 0 Å². The summed E-state index contributed by atoms with van der Waals surface area (Å²) in [6.07, 6.45) is -0.0527. The van der Waals surface area contributed by atoms with Crippen LogP contribution in [0.25, 0.3) is 11.1 Å². The third-order valence-electron chi connectivity index (χ3n) is 6.00. The summed E-state index contributed by atoms with van der Waals surface area (Å²) in [7, 11) is 3.17. The van der Waals surface area contributed by atoms with Gasteiger partial charge in [-0.3, -0.25) is 0 Å². The van der Waals surface area contributed by atoms with Crippen LogP contribution in [-0.2, 0) is 6.61 Å². The molecule has 4 nitrogen and oxygen atoms in total. The van der Waals surface area contributed by atoms with Crippen molar-refractivity contribution < 1.29 is 23.7 Å². The van der Waals surface area contributed by atoms with Crippen LogP contribution in [0.15, 0.2) is 60.7 Å². The molecule has 0 saturated heterocycles. The second-order valence-corrected chi connectivity index (χ2v) is 8.48. The molecule has 0 aliphatic rings. The fourth-order valence-electron chi connectivity index (χ4n) is 3.44. The highest BCUT2D eigenvalue weighted by Gasteiger charge is 2.30. The molecule has 3 aromatic carbocycles. The predicted octanol–water partition coefficient (Wildman–Crippen LogP) is 6.56. The molecule has 5 heteroatoms. The Balaban J connectivity index is 1.98. The van der Waals surface area contributed by atoms with Gasteiger partial charge in [0.2, 0.25) is 0 Å². The number of halogens is 1. The number of aliphatic hydroxyl groups excluding tert-OH is 1. The van der Waals surface area contributed by atoms with E-state index in [2.05, 4.69) is 0 Å². The first kappa shape index (κ1) is 23.6. The minimum atomic E-state index is -0.808. The topological polar surface area (TPSA) is 47.9 Å². The summed E-state index contributed by atoms with van der Waals surface area (Å²) < 4.78 is 31.2. The summed E-state index contributed by atoms with van der Waals surface area (Å²) in [6.45, 7) is 6.38. The number of benzene rings is 3. The van der Waals surface area contributed by atoms with Crippen molar-refractivity contribution in [2.75, 3.05) is 14.2 Å². The maximum absolute atomic E-state index is 14.8. The van der Waals surface area contributed by atoms with E-state index in [1.165, 1.54) is 6.07 Å². The zero-order valence-corrected chi connectivity index (χ0v) is 19.3. The number of hydrogen-bond acceptors (Lipinski definition) is 4. The molecule has 3 rings (SSSR count). The van der Waals surface area contributed by atoms with Gasteiger partial charge >= 0.3 is 0 Å². The quantitative estimate of drug-likeness (QED) is 0.411. The van der Waals surface area contributed by atoms with E-state index < -0.39 is 11.5 Å². The van der Waals surface area contributed by atoms with Gasteiger partial charge in [-0.05, 0) is 71.0 Å². The summed E-state index contributed by atoms with van der Waals surface area (Å²) >= 11 is 0. The van der Waals surface area contributed by atoms with Crippen LogP contribution >= 0.6 is 0 Å². The number of methoxy groups -OCH3 is 2. The molecular formula is C27H31FO4. The minimum Gasteiger partial charge on any atom is -0.497 e. The first-order chi connectivity index (χ1) is 15.3. The molecular weight excluding hydrogens is 407 g/mol. The molecule has 1 atom stereocenters. The van der Waals surface area contributed by atoms with Crippen molar-refractivity contribution in [3.8, 4) is 28.4 Å². The van der Waals surface area contributed by atoms with E-state index in [4.69, 9.17) is 14.2 Å². The average Bonchev–Trinajstić information content (AvgIpc) is 2.82. The lowest BCUT2D eigenvalue weighted by Crippen LogP contribution is -2.21. The fourth-order valence-corrected chi connectivity index (χ4v) is 3.44.